The van der Waals surface area contributed by atoms with Gasteiger partial charge in [0.2, 0.25) is 0 Å². The predicted molar refractivity (Wildman–Crippen MR) is 38.1 cm³/mol. The van der Waals surface area contributed by atoms with Gasteiger partial charge in [0.05, 0.1) is 0 Å². The van der Waals surface area contributed by atoms with Crippen LogP contribution in [0.4, 0.5) is 0 Å². The molecule has 1 unspecified atom stereocenters. The monoisotopic (exact) mass is 151 g/mol. The summed E-state index contributed by atoms with van der Waals surface area (Å²) in [5.41, 5.74) is 0. The maximum absolute atomic E-state index is 10.2. The summed E-state index contributed by atoms with van der Waals surface area (Å²) in [5, 5.41) is 13.3. The molecular weight excluding hydrogens is 138 g/mol. The zero-order valence-electron chi connectivity index (χ0n) is 5.38. The van der Waals surface area contributed by atoms with Crippen LogP contribution in [0.25, 0.3) is 0 Å². The van der Waals surface area contributed by atoms with Gasteiger partial charge in [0.15, 0.2) is 0 Å². The van der Waals surface area contributed by atoms with Gasteiger partial charge in [0.1, 0.15) is 5.75 Å². The van der Waals surface area contributed by atoms with Crippen molar-refractivity contribution in [3.8, 4) is 0 Å². The summed E-state index contributed by atoms with van der Waals surface area (Å²) >= 11 is -1.15. The summed E-state index contributed by atoms with van der Waals surface area (Å²) in [5.74, 6) is 0.556. The third kappa shape index (κ3) is 8.23. The van der Waals surface area contributed by atoms with E-state index in [1.54, 1.807) is 0 Å². The van der Waals surface area contributed by atoms with Crippen molar-refractivity contribution in [2.75, 3.05) is 12.4 Å². The van der Waals surface area contributed by atoms with Crippen LogP contribution >= 0.6 is 0 Å². The number of aliphatic hydroxyl groups excluding tert-OH is 1. The molecule has 0 saturated carbocycles. The first-order chi connectivity index (χ1) is 4.27. The van der Waals surface area contributed by atoms with Crippen LogP contribution in [0.1, 0.15) is 19.3 Å². The normalized spacial score (nSPS) is 13.7. The van der Waals surface area contributed by atoms with Gasteiger partial charge < -0.3 is 9.66 Å². The molecule has 3 nitrogen and oxygen atoms in total. The van der Waals surface area contributed by atoms with Crippen molar-refractivity contribution in [1.29, 1.82) is 0 Å². The van der Waals surface area contributed by atoms with Crippen molar-refractivity contribution in [3.05, 3.63) is 0 Å². The summed E-state index contributed by atoms with van der Waals surface area (Å²) in [6, 6.07) is 0. The fraction of sp³-hybridized carbons (Fsp3) is 1.00. The first kappa shape index (κ1) is 9.23. The molecule has 0 aliphatic rings. The van der Waals surface area contributed by atoms with Gasteiger partial charge >= 0.3 is 0 Å². The molecule has 0 aliphatic carbocycles. The Morgan fingerprint density at radius 1 is 1.33 bits per heavy atom. The molecule has 0 aromatic heterocycles. The van der Waals surface area contributed by atoms with Gasteiger partial charge in [0, 0.05) is 18.0 Å². The van der Waals surface area contributed by atoms with E-state index in [1.165, 1.54) is 0 Å². The number of hydrogen-bond donors (Lipinski definition) is 2. The SMILES string of the molecule is N[S+]([O-])CCCCCO. The molecule has 0 aromatic rings. The van der Waals surface area contributed by atoms with Crippen LogP contribution in [0.15, 0.2) is 0 Å². The van der Waals surface area contributed by atoms with Gasteiger partial charge in [-0.1, -0.05) is 0 Å². The third-order valence-corrected chi connectivity index (χ3v) is 1.69. The Morgan fingerprint density at radius 3 is 2.44 bits per heavy atom. The van der Waals surface area contributed by atoms with E-state index >= 15 is 0 Å². The molecule has 0 fully saturated rings. The fourth-order valence-electron chi connectivity index (χ4n) is 0.533. The molecule has 0 saturated heterocycles. The van der Waals surface area contributed by atoms with E-state index in [-0.39, 0.29) is 6.61 Å². The maximum Gasteiger partial charge on any atom is 0.125 e. The Bertz CT molecular complexity index is 60.9. The van der Waals surface area contributed by atoms with Crippen molar-refractivity contribution in [1.82, 2.24) is 0 Å². The van der Waals surface area contributed by atoms with Crippen LogP contribution in [0.5, 0.6) is 0 Å². The summed E-state index contributed by atoms with van der Waals surface area (Å²) in [6.07, 6.45) is 2.56. The standard InChI is InChI=1S/C5H13NO2S/c6-9(8)5-3-1-2-4-7/h7H,1-6H2. The smallest absolute Gasteiger partial charge is 0.125 e. The highest BCUT2D eigenvalue weighted by molar-refractivity contribution is 7.89. The lowest BCUT2D eigenvalue weighted by Gasteiger charge is -2.01. The summed E-state index contributed by atoms with van der Waals surface area (Å²) in [4.78, 5) is 0. The highest BCUT2D eigenvalue weighted by Crippen LogP contribution is 1.95. The summed E-state index contributed by atoms with van der Waals surface area (Å²) in [6.45, 7) is 0.219. The van der Waals surface area contributed by atoms with Crippen molar-refractivity contribution >= 4 is 11.4 Å². The molecule has 0 heterocycles. The zero-order valence-corrected chi connectivity index (χ0v) is 6.19. The topological polar surface area (TPSA) is 69.3 Å². The van der Waals surface area contributed by atoms with Gasteiger partial charge in [-0.05, 0) is 19.3 Å². The Hall–Kier alpha value is 0.230. The summed E-state index contributed by atoms with van der Waals surface area (Å²) in [7, 11) is 0. The van der Waals surface area contributed by atoms with Crippen LogP contribution < -0.4 is 5.14 Å². The van der Waals surface area contributed by atoms with Crippen LogP contribution in [0, 0.1) is 0 Å². The Labute approximate surface area is 58.6 Å². The van der Waals surface area contributed by atoms with E-state index in [0.717, 1.165) is 19.3 Å². The quantitative estimate of drug-likeness (QED) is 0.421. The largest absolute Gasteiger partial charge is 0.598 e. The highest BCUT2D eigenvalue weighted by atomic mass is 32.2. The Kier molecular flexibility index (Phi) is 6.51. The molecule has 3 N–H and O–H groups in total. The van der Waals surface area contributed by atoms with Crippen molar-refractivity contribution in [2.45, 2.75) is 19.3 Å². The molecule has 56 valence electrons. The lowest BCUT2D eigenvalue weighted by molar-refractivity contribution is 0.284. The average Bonchev–Trinajstić information content (AvgIpc) is 1.80. The molecule has 0 amide bonds. The molecule has 0 bridgehead atoms. The van der Waals surface area contributed by atoms with E-state index < -0.39 is 11.4 Å². The minimum absolute atomic E-state index is 0.219. The number of hydrogen-bond acceptors (Lipinski definition) is 3. The average molecular weight is 151 g/mol. The van der Waals surface area contributed by atoms with Gasteiger partial charge in [-0.2, -0.15) is 5.14 Å². The van der Waals surface area contributed by atoms with Crippen LogP contribution in [-0.4, -0.2) is 22.0 Å². The van der Waals surface area contributed by atoms with Crippen LogP contribution in [0.2, 0.25) is 0 Å². The van der Waals surface area contributed by atoms with Gasteiger partial charge in [-0.25, -0.2) is 0 Å². The molecule has 4 heteroatoms. The lowest BCUT2D eigenvalue weighted by Crippen LogP contribution is -2.16. The minimum Gasteiger partial charge on any atom is -0.598 e. The maximum atomic E-state index is 10.2. The highest BCUT2D eigenvalue weighted by Gasteiger charge is 1.96. The first-order valence-electron chi connectivity index (χ1n) is 3.01. The number of aliphatic hydroxyl groups is 1. The molecule has 0 radical (unpaired) electrons. The second kappa shape index (κ2) is 6.35. The van der Waals surface area contributed by atoms with Crippen molar-refractivity contribution in [3.63, 3.8) is 0 Å². The van der Waals surface area contributed by atoms with Gasteiger partial charge in [-0.3, -0.25) is 0 Å². The second-order valence-corrected chi connectivity index (χ2v) is 3.04. The van der Waals surface area contributed by atoms with Gasteiger partial charge in [0.25, 0.3) is 0 Å². The van der Waals surface area contributed by atoms with Crippen molar-refractivity contribution in [2.24, 2.45) is 5.14 Å². The van der Waals surface area contributed by atoms with Crippen LogP contribution in [0.3, 0.4) is 0 Å². The number of nitrogens with two attached hydrogens (primary N) is 1. The van der Waals surface area contributed by atoms with E-state index in [0.29, 0.717) is 5.75 Å². The second-order valence-electron chi connectivity index (χ2n) is 1.87. The summed E-state index contributed by atoms with van der Waals surface area (Å²) < 4.78 is 10.2. The van der Waals surface area contributed by atoms with E-state index in [4.69, 9.17) is 10.2 Å². The molecule has 0 spiro atoms. The van der Waals surface area contributed by atoms with Gasteiger partial charge in [-0.15, -0.1) is 0 Å². The Balaban J connectivity index is 2.75. The van der Waals surface area contributed by atoms with E-state index in [1.807, 2.05) is 0 Å². The molecule has 0 aromatic carbocycles. The predicted octanol–water partition coefficient (Wildman–Crippen LogP) is -0.229. The van der Waals surface area contributed by atoms with Crippen LogP contribution in [-0.2, 0) is 11.4 Å². The lowest BCUT2D eigenvalue weighted by atomic mass is 10.3. The number of unbranched alkanes of at least 4 members (excludes halogenated alkanes) is 2. The first-order valence-corrected chi connectivity index (χ1v) is 4.39. The fourth-order valence-corrected chi connectivity index (χ4v) is 1.02. The van der Waals surface area contributed by atoms with Crippen molar-refractivity contribution < 1.29 is 9.66 Å². The molecular formula is C5H13NO2S. The zero-order chi connectivity index (χ0) is 7.11. The molecule has 9 heavy (non-hydrogen) atoms. The molecule has 0 rings (SSSR count). The van der Waals surface area contributed by atoms with E-state index in [2.05, 4.69) is 0 Å². The number of rotatable bonds is 5. The molecule has 1 atom stereocenters. The third-order valence-electron chi connectivity index (χ3n) is 1.00. The minimum atomic E-state index is -1.15. The van der Waals surface area contributed by atoms with E-state index in [9.17, 15) is 4.55 Å². The molecule has 0 aliphatic heterocycles. The Morgan fingerprint density at radius 2 is 2.00 bits per heavy atom.